The smallest absolute Gasteiger partial charge is 0.260 e. The summed E-state index contributed by atoms with van der Waals surface area (Å²) in [5.41, 5.74) is -1.44. The van der Waals surface area contributed by atoms with Gasteiger partial charge >= 0.3 is 0 Å². The number of carbonyl (C=O) groups is 1. The third kappa shape index (κ3) is 4.31. The fourth-order valence-electron chi connectivity index (χ4n) is 1.70. The quantitative estimate of drug-likeness (QED) is 0.655. The van der Waals surface area contributed by atoms with Gasteiger partial charge in [-0.05, 0) is 33.2 Å². The molecule has 18 heavy (non-hydrogen) atoms. The van der Waals surface area contributed by atoms with Gasteiger partial charge in [0, 0.05) is 19.3 Å². The van der Waals surface area contributed by atoms with Gasteiger partial charge in [-0.25, -0.2) is 0 Å². The van der Waals surface area contributed by atoms with E-state index in [0.717, 1.165) is 0 Å². The Hall–Kier alpha value is -1.66. The molecule has 1 heterocycles. The molecule has 0 radical (unpaired) electrons. The van der Waals surface area contributed by atoms with Gasteiger partial charge in [-0.2, -0.15) is 0 Å². The number of nitrogens with zero attached hydrogens (tertiary/aromatic N) is 1. The van der Waals surface area contributed by atoms with Crippen molar-refractivity contribution < 1.29 is 9.90 Å². The molecule has 6 heteroatoms. The van der Waals surface area contributed by atoms with Crippen molar-refractivity contribution in [2.45, 2.75) is 12.5 Å². The van der Waals surface area contributed by atoms with E-state index in [1.165, 1.54) is 12.3 Å². The van der Waals surface area contributed by atoms with Gasteiger partial charge in [-0.3, -0.25) is 9.59 Å². The number of aliphatic hydroxyl groups is 1. The lowest BCUT2D eigenvalue weighted by molar-refractivity contribution is 0.0325. The highest BCUT2D eigenvalue weighted by molar-refractivity contribution is 5.93. The lowest BCUT2D eigenvalue weighted by atomic mass is 10.1. The van der Waals surface area contributed by atoms with Crippen molar-refractivity contribution in [3.05, 3.63) is 34.2 Å². The van der Waals surface area contributed by atoms with E-state index in [0.29, 0.717) is 6.54 Å². The zero-order valence-electron chi connectivity index (χ0n) is 10.9. The van der Waals surface area contributed by atoms with E-state index in [4.69, 9.17) is 0 Å². The van der Waals surface area contributed by atoms with Crippen LogP contribution < -0.4 is 10.9 Å². The van der Waals surface area contributed by atoms with Crippen molar-refractivity contribution in [1.29, 1.82) is 0 Å². The summed E-state index contributed by atoms with van der Waals surface area (Å²) >= 11 is 0. The van der Waals surface area contributed by atoms with E-state index in [1.54, 1.807) is 13.0 Å². The summed E-state index contributed by atoms with van der Waals surface area (Å²) in [4.78, 5) is 27.4. The number of likely N-dealkylation sites (N-methyl/N-ethyl adjacent to an activating group) is 1. The highest BCUT2D eigenvalue weighted by Crippen LogP contribution is 2.03. The number of aromatic amines is 1. The number of amides is 1. The molecule has 0 aliphatic heterocycles. The predicted molar refractivity (Wildman–Crippen MR) is 68.6 cm³/mol. The molecule has 3 N–H and O–H groups in total. The second kappa shape index (κ2) is 5.79. The van der Waals surface area contributed by atoms with Gasteiger partial charge in [0.2, 0.25) is 0 Å². The Bertz CT molecular complexity index is 466. The maximum absolute atomic E-state index is 11.7. The number of hydrogen-bond acceptors (Lipinski definition) is 4. The minimum atomic E-state index is -1.04. The van der Waals surface area contributed by atoms with Gasteiger partial charge in [0.1, 0.15) is 5.56 Å². The van der Waals surface area contributed by atoms with E-state index in [-0.39, 0.29) is 12.1 Å². The lowest BCUT2D eigenvalue weighted by Gasteiger charge is -2.26. The fraction of sp³-hybridized carbons (Fsp3) is 0.500. The second-order valence-corrected chi connectivity index (χ2v) is 4.83. The van der Waals surface area contributed by atoms with E-state index < -0.39 is 17.1 Å². The first-order chi connectivity index (χ1) is 8.32. The van der Waals surface area contributed by atoms with Gasteiger partial charge < -0.3 is 20.3 Å². The van der Waals surface area contributed by atoms with Crippen LogP contribution in [0.2, 0.25) is 0 Å². The molecule has 0 saturated heterocycles. The Labute approximate surface area is 106 Å². The average Bonchev–Trinajstić information content (AvgIpc) is 2.25. The third-order valence-corrected chi connectivity index (χ3v) is 2.35. The molecule has 1 aromatic rings. The van der Waals surface area contributed by atoms with Crippen LogP contribution in [-0.2, 0) is 0 Å². The van der Waals surface area contributed by atoms with Crippen LogP contribution in [0.5, 0.6) is 0 Å². The Morgan fingerprint density at radius 1 is 1.56 bits per heavy atom. The van der Waals surface area contributed by atoms with Gasteiger partial charge in [0.25, 0.3) is 11.5 Å². The highest BCUT2D eigenvalue weighted by Gasteiger charge is 2.22. The predicted octanol–water partition coefficient (Wildman–Crippen LogP) is -0.583. The molecule has 1 unspecified atom stereocenters. The Morgan fingerprint density at radius 2 is 2.22 bits per heavy atom. The number of nitrogens with one attached hydrogen (secondary N) is 2. The van der Waals surface area contributed by atoms with Crippen molar-refractivity contribution in [2.75, 3.05) is 27.2 Å². The summed E-state index contributed by atoms with van der Waals surface area (Å²) < 4.78 is 0. The zero-order chi connectivity index (χ0) is 13.8. The second-order valence-electron chi connectivity index (χ2n) is 4.83. The number of aromatic nitrogens is 1. The molecule has 0 aromatic carbocycles. The monoisotopic (exact) mass is 253 g/mol. The molecule has 6 nitrogen and oxygen atoms in total. The summed E-state index contributed by atoms with van der Waals surface area (Å²) in [5, 5.41) is 12.6. The van der Waals surface area contributed by atoms with Crippen molar-refractivity contribution in [3.8, 4) is 0 Å². The molecule has 0 bridgehead atoms. The van der Waals surface area contributed by atoms with Crippen molar-refractivity contribution >= 4 is 5.91 Å². The van der Waals surface area contributed by atoms with E-state index in [2.05, 4.69) is 10.3 Å². The maximum atomic E-state index is 11.7. The van der Waals surface area contributed by atoms with E-state index >= 15 is 0 Å². The van der Waals surface area contributed by atoms with Crippen molar-refractivity contribution in [2.24, 2.45) is 0 Å². The van der Waals surface area contributed by atoms with Crippen LogP contribution in [-0.4, -0.2) is 53.7 Å². The molecule has 1 aromatic heterocycles. The van der Waals surface area contributed by atoms with Gasteiger partial charge in [-0.1, -0.05) is 0 Å². The third-order valence-electron chi connectivity index (χ3n) is 2.35. The van der Waals surface area contributed by atoms with Crippen molar-refractivity contribution in [3.63, 3.8) is 0 Å². The number of rotatable bonds is 5. The van der Waals surface area contributed by atoms with E-state index in [9.17, 15) is 14.7 Å². The van der Waals surface area contributed by atoms with Gasteiger partial charge in [-0.15, -0.1) is 0 Å². The molecule has 100 valence electrons. The number of hydrogen-bond donors (Lipinski definition) is 3. The topological polar surface area (TPSA) is 85.4 Å². The molecule has 0 spiro atoms. The number of pyridine rings is 1. The van der Waals surface area contributed by atoms with Crippen LogP contribution in [0.3, 0.4) is 0 Å². The maximum Gasteiger partial charge on any atom is 0.260 e. The van der Waals surface area contributed by atoms with Crippen LogP contribution in [0.1, 0.15) is 17.3 Å². The highest BCUT2D eigenvalue weighted by atomic mass is 16.3. The molecular formula is C12H19N3O3. The summed E-state index contributed by atoms with van der Waals surface area (Å²) in [6, 6.07) is 3.02. The molecule has 1 atom stereocenters. The normalized spacial score (nSPS) is 14.3. The van der Waals surface area contributed by atoms with Crippen LogP contribution in [0.25, 0.3) is 0 Å². The first-order valence-corrected chi connectivity index (χ1v) is 5.65. The Morgan fingerprint density at radius 3 is 2.78 bits per heavy atom. The first-order valence-electron chi connectivity index (χ1n) is 5.65. The molecule has 1 amide bonds. The van der Waals surface area contributed by atoms with Crippen LogP contribution in [0.15, 0.2) is 23.1 Å². The molecule has 0 fully saturated rings. The summed E-state index contributed by atoms with van der Waals surface area (Å²) in [5.74, 6) is -0.490. The van der Waals surface area contributed by atoms with Gasteiger partial charge in [0.15, 0.2) is 0 Å². The zero-order valence-corrected chi connectivity index (χ0v) is 10.9. The molecule has 0 saturated carbocycles. The number of carbonyl (C=O) groups excluding carboxylic acids is 1. The summed E-state index contributed by atoms with van der Waals surface area (Å²) in [6.07, 6.45) is 1.46. The van der Waals surface area contributed by atoms with Crippen LogP contribution >= 0.6 is 0 Å². The van der Waals surface area contributed by atoms with Crippen molar-refractivity contribution in [1.82, 2.24) is 15.2 Å². The van der Waals surface area contributed by atoms with Crippen LogP contribution in [0, 0.1) is 0 Å². The Kier molecular flexibility index (Phi) is 4.63. The fourth-order valence-corrected chi connectivity index (χ4v) is 1.70. The Balaban J connectivity index is 2.62. The lowest BCUT2D eigenvalue weighted by Crippen LogP contribution is -2.47. The standard InChI is InChI=1S/C12H19N3O3/c1-12(18,8-15(2)3)7-14-11(17)9-5-4-6-13-10(9)16/h4-6,18H,7-8H2,1-3H3,(H,13,16)(H,14,17). The average molecular weight is 253 g/mol. The number of H-pyrrole nitrogens is 1. The minimum Gasteiger partial charge on any atom is -0.387 e. The van der Waals surface area contributed by atoms with E-state index in [1.807, 2.05) is 19.0 Å². The first kappa shape index (κ1) is 14.4. The summed E-state index contributed by atoms with van der Waals surface area (Å²) in [6.45, 7) is 2.12. The molecule has 1 rings (SSSR count). The molecule has 0 aliphatic rings. The van der Waals surface area contributed by atoms with Gasteiger partial charge in [0.05, 0.1) is 5.60 Å². The minimum absolute atomic E-state index is 0.0400. The summed E-state index contributed by atoms with van der Waals surface area (Å²) in [7, 11) is 3.66. The largest absolute Gasteiger partial charge is 0.387 e. The SMILES string of the molecule is CN(C)CC(C)(O)CNC(=O)c1ccc[nH]c1=O. The molecular weight excluding hydrogens is 234 g/mol. The molecule has 0 aliphatic carbocycles. The van der Waals surface area contributed by atoms with Crippen LogP contribution in [0.4, 0.5) is 0 Å².